The van der Waals surface area contributed by atoms with E-state index in [4.69, 9.17) is 14.2 Å². The van der Waals surface area contributed by atoms with Crippen molar-refractivity contribution in [3.63, 3.8) is 0 Å². The van der Waals surface area contributed by atoms with Crippen LogP contribution in [0.1, 0.15) is 34.5 Å². The summed E-state index contributed by atoms with van der Waals surface area (Å²) in [7, 11) is 0.525. The van der Waals surface area contributed by atoms with Gasteiger partial charge in [-0.2, -0.15) is 0 Å². The first kappa shape index (κ1) is 25.1. The molecule has 0 bridgehead atoms. The molecular weight excluding hydrogens is 456 g/mol. The maximum absolute atomic E-state index is 13.0. The number of carbonyl (C=O) groups excluding carboxylic acids is 1. The van der Waals surface area contributed by atoms with Gasteiger partial charge in [-0.05, 0) is 48.4 Å². The molecule has 0 saturated carbocycles. The summed E-state index contributed by atoms with van der Waals surface area (Å²) >= 11 is 0. The number of rotatable bonds is 10. The first-order chi connectivity index (χ1) is 16.3. The largest absolute Gasteiger partial charge is 0.495 e. The molecule has 3 aromatic rings. The van der Waals surface area contributed by atoms with Crippen molar-refractivity contribution in [3.05, 3.63) is 83.4 Å². The van der Waals surface area contributed by atoms with Crippen LogP contribution in [0.3, 0.4) is 0 Å². The van der Waals surface area contributed by atoms with Crippen molar-refractivity contribution in [2.75, 3.05) is 21.3 Å². The first-order valence-electron chi connectivity index (χ1n) is 10.5. The van der Waals surface area contributed by atoms with E-state index >= 15 is 0 Å². The number of hydrogen-bond donors (Lipinski definition) is 2. The zero-order chi connectivity index (χ0) is 24.7. The van der Waals surface area contributed by atoms with Gasteiger partial charge in [0.15, 0.2) is 11.5 Å². The van der Waals surface area contributed by atoms with Gasteiger partial charge >= 0.3 is 0 Å². The minimum atomic E-state index is -3.94. The lowest BCUT2D eigenvalue weighted by atomic mass is 10.1. The molecule has 0 fully saturated rings. The molecule has 0 saturated heterocycles. The number of sulfonamides is 1. The zero-order valence-electron chi connectivity index (χ0n) is 19.5. The van der Waals surface area contributed by atoms with Crippen molar-refractivity contribution < 1.29 is 27.4 Å². The van der Waals surface area contributed by atoms with Gasteiger partial charge in [0, 0.05) is 12.1 Å². The fourth-order valence-corrected chi connectivity index (χ4v) is 4.58. The average molecular weight is 485 g/mol. The topological polar surface area (TPSA) is 103 Å². The number of methoxy groups -OCH3 is 3. The monoisotopic (exact) mass is 484 g/mol. The highest BCUT2D eigenvalue weighted by Gasteiger charge is 2.22. The summed E-state index contributed by atoms with van der Waals surface area (Å²) in [5, 5.41) is 2.88. The Bertz CT molecular complexity index is 1250. The van der Waals surface area contributed by atoms with E-state index in [0.717, 1.165) is 11.1 Å². The van der Waals surface area contributed by atoms with Crippen LogP contribution in [0.25, 0.3) is 0 Å². The molecule has 0 radical (unpaired) electrons. The first-order valence-corrected chi connectivity index (χ1v) is 12.0. The average Bonchev–Trinajstić information content (AvgIpc) is 2.87. The Morgan fingerprint density at radius 2 is 1.50 bits per heavy atom. The Labute approximate surface area is 199 Å². The lowest BCUT2D eigenvalue weighted by Gasteiger charge is -2.17. The summed E-state index contributed by atoms with van der Waals surface area (Å²) in [6.07, 6.45) is 0. The number of nitrogens with one attached hydrogen (secondary N) is 2. The summed E-state index contributed by atoms with van der Waals surface area (Å²) in [6.45, 7) is 1.93. The van der Waals surface area contributed by atoms with E-state index in [2.05, 4.69) is 10.0 Å². The molecule has 0 unspecified atom stereocenters. The van der Waals surface area contributed by atoms with Crippen molar-refractivity contribution in [2.45, 2.75) is 24.4 Å². The van der Waals surface area contributed by atoms with E-state index in [0.29, 0.717) is 11.5 Å². The molecule has 180 valence electrons. The molecule has 0 heterocycles. The van der Waals surface area contributed by atoms with Gasteiger partial charge in [-0.25, -0.2) is 13.1 Å². The van der Waals surface area contributed by atoms with Crippen LogP contribution in [0.2, 0.25) is 0 Å². The van der Waals surface area contributed by atoms with Gasteiger partial charge in [0.1, 0.15) is 10.6 Å². The van der Waals surface area contributed by atoms with E-state index in [-0.39, 0.29) is 28.8 Å². The Morgan fingerprint density at radius 3 is 2.15 bits per heavy atom. The normalized spacial score (nSPS) is 12.0. The SMILES string of the molecule is COc1ccc([C@@H](C)NC(=O)c2ccc(OC)c(S(=O)(=O)NCc3ccccc3)c2)cc1OC. The van der Waals surface area contributed by atoms with Crippen molar-refractivity contribution in [3.8, 4) is 17.2 Å². The van der Waals surface area contributed by atoms with Crippen LogP contribution in [0.15, 0.2) is 71.6 Å². The second-order valence-electron chi connectivity index (χ2n) is 7.49. The molecule has 8 nitrogen and oxygen atoms in total. The summed E-state index contributed by atoms with van der Waals surface area (Å²) < 4.78 is 44.3. The predicted octanol–water partition coefficient (Wildman–Crippen LogP) is 3.68. The van der Waals surface area contributed by atoms with E-state index < -0.39 is 15.9 Å². The van der Waals surface area contributed by atoms with Crippen LogP contribution in [-0.2, 0) is 16.6 Å². The molecule has 9 heteroatoms. The molecule has 0 aromatic heterocycles. The maximum atomic E-state index is 13.0. The number of carbonyl (C=O) groups is 1. The van der Waals surface area contributed by atoms with Crippen LogP contribution in [0.4, 0.5) is 0 Å². The van der Waals surface area contributed by atoms with Crippen molar-refractivity contribution in [1.82, 2.24) is 10.0 Å². The van der Waals surface area contributed by atoms with Gasteiger partial charge in [0.2, 0.25) is 10.0 Å². The van der Waals surface area contributed by atoms with Crippen molar-refractivity contribution in [2.24, 2.45) is 0 Å². The summed E-state index contributed by atoms with van der Waals surface area (Å²) in [4.78, 5) is 12.8. The fourth-order valence-electron chi connectivity index (χ4n) is 3.37. The number of amides is 1. The molecule has 34 heavy (non-hydrogen) atoms. The molecule has 0 spiro atoms. The molecule has 1 atom stereocenters. The highest BCUT2D eigenvalue weighted by atomic mass is 32.2. The second kappa shape index (κ2) is 11.0. The van der Waals surface area contributed by atoms with Gasteiger partial charge < -0.3 is 19.5 Å². The molecule has 0 aliphatic carbocycles. The van der Waals surface area contributed by atoms with Crippen molar-refractivity contribution in [1.29, 1.82) is 0 Å². The van der Waals surface area contributed by atoms with Crippen LogP contribution >= 0.6 is 0 Å². The highest BCUT2D eigenvalue weighted by molar-refractivity contribution is 7.89. The Kier molecular flexibility index (Phi) is 8.14. The standard InChI is InChI=1S/C25H28N2O6S/c1-17(19-10-12-21(31-2)23(14-19)33-4)27-25(28)20-11-13-22(32-3)24(15-20)34(29,30)26-16-18-8-6-5-7-9-18/h5-15,17,26H,16H2,1-4H3,(H,27,28)/t17-/m1/s1. The summed E-state index contributed by atoms with van der Waals surface area (Å²) in [5.74, 6) is 0.843. The Hall–Kier alpha value is -3.56. The van der Waals surface area contributed by atoms with Gasteiger partial charge in [-0.15, -0.1) is 0 Å². The Balaban J connectivity index is 1.80. The van der Waals surface area contributed by atoms with Crippen LogP contribution in [-0.4, -0.2) is 35.7 Å². The molecule has 2 N–H and O–H groups in total. The number of ether oxygens (including phenoxy) is 3. The van der Waals surface area contributed by atoms with Gasteiger partial charge in [0.25, 0.3) is 5.91 Å². The van der Waals surface area contributed by atoms with Crippen LogP contribution < -0.4 is 24.2 Å². The molecular formula is C25H28N2O6S. The minimum Gasteiger partial charge on any atom is -0.495 e. The highest BCUT2D eigenvalue weighted by Crippen LogP contribution is 2.30. The number of benzene rings is 3. The van der Waals surface area contributed by atoms with E-state index in [1.54, 1.807) is 19.2 Å². The third-order valence-corrected chi connectivity index (χ3v) is 6.70. The predicted molar refractivity (Wildman–Crippen MR) is 129 cm³/mol. The third kappa shape index (κ3) is 5.86. The molecule has 1 amide bonds. The smallest absolute Gasteiger partial charge is 0.251 e. The lowest BCUT2D eigenvalue weighted by Crippen LogP contribution is -2.28. The van der Waals surface area contributed by atoms with Gasteiger partial charge in [-0.3, -0.25) is 4.79 Å². The minimum absolute atomic E-state index is 0.110. The lowest BCUT2D eigenvalue weighted by molar-refractivity contribution is 0.0939. The van der Waals surface area contributed by atoms with Gasteiger partial charge in [0.05, 0.1) is 27.4 Å². The van der Waals surface area contributed by atoms with Gasteiger partial charge in [-0.1, -0.05) is 36.4 Å². The summed E-state index contributed by atoms with van der Waals surface area (Å²) in [6, 6.07) is 18.4. The zero-order valence-corrected chi connectivity index (χ0v) is 20.3. The molecule has 3 aromatic carbocycles. The third-order valence-electron chi connectivity index (χ3n) is 5.28. The van der Waals surface area contributed by atoms with E-state index in [1.807, 2.05) is 43.3 Å². The van der Waals surface area contributed by atoms with E-state index in [9.17, 15) is 13.2 Å². The van der Waals surface area contributed by atoms with Crippen LogP contribution in [0, 0.1) is 0 Å². The number of hydrogen-bond acceptors (Lipinski definition) is 6. The van der Waals surface area contributed by atoms with Crippen molar-refractivity contribution >= 4 is 15.9 Å². The Morgan fingerprint density at radius 1 is 0.853 bits per heavy atom. The quantitative estimate of drug-likeness (QED) is 0.455. The maximum Gasteiger partial charge on any atom is 0.251 e. The molecule has 3 rings (SSSR count). The summed E-state index contributed by atoms with van der Waals surface area (Å²) in [5.41, 5.74) is 1.80. The molecule has 0 aliphatic heterocycles. The fraction of sp³-hybridized carbons (Fsp3) is 0.240. The van der Waals surface area contributed by atoms with Crippen LogP contribution in [0.5, 0.6) is 17.2 Å². The second-order valence-corrected chi connectivity index (χ2v) is 9.22. The molecule has 0 aliphatic rings. The van der Waals surface area contributed by atoms with E-state index in [1.165, 1.54) is 32.4 Å².